The Kier molecular flexibility index (Phi) is 10.6. The van der Waals surface area contributed by atoms with Crippen molar-refractivity contribution in [2.75, 3.05) is 20.3 Å². The maximum atomic E-state index is 14.0. The van der Waals surface area contributed by atoms with Crippen molar-refractivity contribution in [3.05, 3.63) is 135 Å². The molecule has 0 spiro atoms. The summed E-state index contributed by atoms with van der Waals surface area (Å²) in [7, 11) is 1.52. The Morgan fingerprint density at radius 1 is 1.15 bits per heavy atom. The number of aromatic nitrogens is 1. The number of nitrogens with zero attached hydrogens (tertiary/aromatic N) is 3. The van der Waals surface area contributed by atoms with E-state index in [1.807, 2.05) is 18.2 Å². The van der Waals surface area contributed by atoms with E-state index in [0.717, 1.165) is 9.13 Å². The summed E-state index contributed by atoms with van der Waals surface area (Å²) in [4.78, 5) is 42.8. The first-order chi connectivity index (χ1) is 22.6. The van der Waals surface area contributed by atoms with E-state index >= 15 is 0 Å². The number of methoxy groups -OCH3 is 1. The highest BCUT2D eigenvalue weighted by atomic mass is 127. The molecule has 1 aromatic heterocycles. The fourth-order valence-corrected chi connectivity index (χ4v) is 6.82. The van der Waals surface area contributed by atoms with Crippen LogP contribution < -0.4 is 29.1 Å². The Hall–Kier alpha value is -4.76. The van der Waals surface area contributed by atoms with Crippen LogP contribution in [0.4, 0.5) is 5.69 Å². The van der Waals surface area contributed by atoms with E-state index in [-0.39, 0.29) is 30.0 Å². The van der Waals surface area contributed by atoms with Gasteiger partial charge in [-0.15, -0.1) is 0 Å². The molecule has 2 heterocycles. The minimum atomic E-state index is -0.759. The number of allylic oxidation sites excluding steroid dienone is 1. The number of hydrogen-bond acceptors (Lipinski definition) is 10. The molecule has 0 unspecified atom stereocenters. The number of rotatable bonds is 12. The van der Waals surface area contributed by atoms with Crippen molar-refractivity contribution in [3.8, 4) is 17.2 Å². The number of benzene rings is 3. The summed E-state index contributed by atoms with van der Waals surface area (Å²) in [5.41, 5.74) is 2.60. The summed E-state index contributed by atoms with van der Waals surface area (Å²) in [6.07, 6.45) is 3.40. The molecule has 0 aliphatic carbocycles. The standard InChI is InChI=1S/C34H30IN3O8S/c1-5-15-45-25-13-9-23(10-14-25)30-29(33(40)44-6-2)20(3)36-34-37(30)32(39)28(47-34)18-22-16-26(35)31(27(17-22)43-4)46-19-21-7-11-24(12-8-21)38(41)42/h5,7-14,16-18,30H,1,6,15,19H2,2-4H3/b28-18-/t30-/m0/s1. The second-order valence-corrected chi connectivity index (χ2v) is 12.4. The van der Waals surface area contributed by atoms with Gasteiger partial charge in [0.15, 0.2) is 16.3 Å². The molecule has 0 bridgehead atoms. The molecular formula is C34H30IN3O8S. The van der Waals surface area contributed by atoms with E-state index in [1.54, 1.807) is 56.3 Å². The molecule has 0 fully saturated rings. The number of nitro groups is 1. The van der Waals surface area contributed by atoms with Crippen molar-refractivity contribution in [2.24, 2.45) is 4.99 Å². The van der Waals surface area contributed by atoms with Crippen molar-refractivity contribution in [1.82, 2.24) is 4.57 Å². The Morgan fingerprint density at radius 3 is 2.51 bits per heavy atom. The van der Waals surface area contributed by atoms with Gasteiger partial charge in [0.1, 0.15) is 19.0 Å². The van der Waals surface area contributed by atoms with Gasteiger partial charge in [0.25, 0.3) is 11.2 Å². The van der Waals surface area contributed by atoms with Gasteiger partial charge in [-0.1, -0.05) is 36.1 Å². The third-order valence-corrected chi connectivity index (χ3v) is 8.94. The number of fused-ring (bicyclic) bond motifs is 1. The number of thiazole rings is 1. The van der Waals surface area contributed by atoms with Crippen molar-refractivity contribution in [1.29, 1.82) is 0 Å². The van der Waals surface area contributed by atoms with Crippen molar-refractivity contribution in [3.63, 3.8) is 0 Å². The number of nitro benzene ring substituents is 1. The van der Waals surface area contributed by atoms with Gasteiger partial charge in [0.2, 0.25) is 0 Å². The van der Waals surface area contributed by atoms with Crippen molar-refractivity contribution >= 4 is 51.7 Å². The Balaban J connectivity index is 1.52. The predicted octanol–water partition coefficient (Wildman–Crippen LogP) is 5.46. The summed E-state index contributed by atoms with van der Waals surface area (Å²) < 4.78 is 25.4. The Bertz CT molecular complexity index is 2050. The van der Waals surface area contributed by atoms with Crippen LogP contribution in [0.2, 0.25) is 0 Å². The molecular weight excluding hydrogens is 737 g/mol. The zero-order chi connectivity index (χ0) is 33.7. The topological polar surface area (TPSA) is 131 Å². The van der Waals surface area contributed by atoms with Gasteiger partial charge in [-0.05, 0) is 95.6 Å². The van der Waals surface area contributed by atoms with E-state index in [4.69, 9.17) is 18.9 Å². The smallest absolute Gasteiger partial charge is 0.338 e. The predicted molar refractivity (Wildman–Crippen MR) is 186 cm³/mol. The molecule has 0 saturated heterocycles. The molecule has 0 radical (unpaired) electrons. The third kappa shape index (κ3) is 7.30. The van der Waals surface area contributed by atoms with Gasteiger partial charge >= 0.3 is 5.97 Å². The number of esters is 1. The number of non-ortho nitro benzene ring substituents is 1. The van der Waals surface area contributed by atoms with Gasteiger partial charge < -0.3 is 18.9 Å². The number of carbonyl (C=O) groups excluding carboxylic acids is 1. The zero-order valence-electron chi connectivity index (χ0n) is 25.7. The van der Waals surface area contributed by atoms with E-state index in [9.17, 15) is 19.7 Å². The molecule has 0 N–H and O–H groups in total. The van der Waals surface area contributed by atoms with E-state index in [0.29, 0.717) is 50.0 Å². The first-order valence-electron chi connectivity index (χ1n) is 14.4. The summed E-state index contributed by atoms with van der Waals surface area (Å²) in [5, 5.41) is 11.0. The largest absolute Gasteiger partial charge is 0.493 e. The minimum Gasteiger partial charge on any atom is -0.493 e. The van der Waals surface area contributed by atoms with Crippen LogP contribution in [0.1, 0.15) is 36.6 Å². The lowest BCUT2D eigenvalue weighted by Gasteiger charge is -2.24. The van der Waals surface area contributed by atoms with E-state index in [1.165, 1.54) is 35.1 Å². The molecule has 13 heteroatoms. The van der Waals surface area contributed by atoms with Crippen LogP contribution in [0.15, 0.2) is 94.4 Å². The lowest BCUT2D eigenvalue weighted by Crippen LogP contribution is -2.39. The number of ether oxygens (including phenoxy) is 4. The van der Waals surface area contributed by atoms with Crippen LogP contribution in [0.5, 0.6) is 17.2 Å². The quantitative estimate of drug-likeness (QED) is 0.0611. The van der Waals surface area contributed by atoms with Gasteiger partial charge in [0.05, 0.1) is 44.1 Å². The van der Waals surface area contributed by atoms with Crippen molar-refractivity contribution in [2.45, 2.75) is 26.5 Å². The summed E-state index contributed by atoms with van der Waals surface area (Å²) >= 11 is 3.35. The van der Waals surface area contributed by atoms with Gasteiger partial charge in [0, 0.05) is 12.1 Å². The van der Waals surface area contributed by atoms with Gasteiger partial charge in [-0.2, -0.15) is 0 Å². The van der Waals surface area contributed by atoms with Gasteiger partial charge in [-0.3, -0.25) is 19.5 Å². The first-order valence-corrected chi connectivity index (χ1v) is 16.3. The average Bonchev–Trinajstić information content (AvgIpc) is 3.36. The normalized spacial score (nSPS) is 14.2. The highest BCUT2D eigenvalue weighted by Gasteiger charge is 2.33. The fraction of sp³-hybridized carbons (Fsp3) is 0.206. The third-order valence-electron chi connectivity index (χ3n) is 7.16. The Morgan fingerprint density at radius 2 is 1.87 bits per heavy atom. The number of halogens is 1. The fourth-order valence-electron chi connectivity index (χ4n) is 4.99. The molecule has 1 aliphatic rings. The Labute approximate surface area is 287 Å². The van der Waals surface area contributed by atoms with Crippen LogP contribution in [0.25, 0.3) is 6.08 Å². The molecule has 0 amide bonds. The summed E-state index contributed by atoms with van der Waals surface area (Å²) in [6, 6.07) is 16.2. The van der Waals surface area contributed by atoms with Crippen LogP contribution in [-0.2, 0) is 16.1 Å². The molecule has 5 rings (SSSR count). The minimum absolute atomic E-state index is 0.000833. The molecule has 11 nitrogen and oxygen atoms in total. The highest BCUT2D eigenvalue weighted by Crippen LogP contribution is 2.35. The molecule has 3 aromatic carbocycles. The second-order valence-electron chi connectivity index (χ2n) is 10.2. The second kappa shape index (κ2) is 14.8. The molecule has 1 aliphatic heterocycles. The zero-order valence-corrected chi connectivity index (χ0v) is 28.7. The molecule has 47 heavy (non-hydrogen) atoms. The van der Waals surface area contributed by atoms with Crippen LogP contribution >= 0.6 is 33.9 Å². The SMILES string of the molecule is C=CCOc1ccc([C@H]2C(C(=O)OCC)=C(C)N=c3s/c(=C\c4cc(I)c(OCc5ccc([N+](=O)[O-])cc5)c(OC)c4)c(=O)n32)cc1. The lowest BCUT2D eigenvalue weighted by molar-refractivity contribution is -0.384. The average molecular weight is 768 g/mol. The lowest BCUT2D eigenvalue weighted by atomic mass is 9.96. The summed E-state index contributed by atoms with van der Waals surface area (Å²) in [6.45, 7) is 7.83. The highest BCUT2D eigenvalue weighted by molar-refractivity contribution is 14.1. The molecule has 1 atom stereocenters. The molecule has 242 valence electrons. The maximum Gasteiger partial charge on any atom is 0.338 e. The van der Waals surface area contributed by atoms with E-state index < -0.39 is 16.9 Å². The monoisotopic (exact) mass is 767 g/mol. The molecule has 0 saturated carbocycles. The number of hydrogen-bond donors (Lipinski definition) is 0. The van der Waals surface area contributed by atoms with Crippen molar-refractivity contribution < 1.29 is 28.7 Å². The molecule has 4 aromatic rings. The first kappa shape index (κ1) is 33.6. The number of carbonyl (C=O) groups is 1. The maximum absolute atomic E-state index is 14.0. The van der Waals surface area contributed by atoms with Crippen LogP contribution in [-0.4, -0.2) is 35.8 Å². The van der Waals surface area contributed by atoms with E-state index in [2.05, 4.69) is 34.2 Å². The van der Waals surface area contributed by atoms with Gasteiger partial charge in [-0.25, -0.2) is 9.79 Å². The summed E-state index contributed by atoms with van der Waals surface area (Å²) in [5.74, 6) is 1.04. The van der Waals surface area contributed by atoms with Crippen LogP contribution in [0.3, 0.4) is 0 Å². The van der Waals surface area contributed by atoms with Crippen LogP contribution in [0, 0.1) is 13.7 Å².